The first-order valence-corrected chi connectivity index (χ1v) is 5.79. The van der Waals surface area contributed by atoms with Crippen molar-refractivity contribution in [2.24, 2.45) is 0 Å². The van der Waals surface area contributed by atoms with Gasteiger partial charge in [-0.2, -0.15) is 0 Å². The molecule has 0 bridgehead atoms. The molecule has 84 valence electrons. The Morgan fingerprint density at radius 2 is 2.00 bits per heavy atom. The van der Waals surface area contributed by atoms with Crippen LogP contribution in [0.25, 0.3) is 11.0 Å². The molecule has 0 unspecified atom stereocenters. The largest absolute Gasteiger partial charge is 0.441 e. The van der Waals surface area contributed by atoms with Gasteiger partial charge in [-0.05, 0) is 19.1 Å². The second-order valence-corrected chi connectivity index (χ2v) is 4.36. The van der Waals surface area contributed by atoms with E-state index in [4.69, 9.17) is 4.42 Å². The number of rotatable bonds is 1. The maximum absolute atomic E-state index is 5.86. The molecule has 1 aromatic carbocycles. The Balaban J connectivity index is 1.97. The quantitative estimate of drug-likeness (QED) is 0.791. The molecule has 0 aliphatic carbocycles. The molecule has 0 spiro atoms. The fourth-order valence-electron chi connectivity index (χ4n) is 2.19. The number of hydrogen-bond donors (Lipinski definition) is 1. The summed E-state index contributed by atoms with van der Waals surface area (Å²) in [4.78, 5) is 2.30. The van der Waals surface area contributed by atoms with Gasteiger partial charge >= 0.3 is 0 Å². The van der Waals surface area contributed by atoms with Crippen LogP contribution in [0.3, 0.4) is 0 Å². The Morgan fingerprint density at radius 1 is 1.19 bits per heavy atom. The molecule has 0 atom stereocenters. The van der Waals surface area contributed by atoms with E-state index in [9.17, 15) is 0 Å². The molecule has 1 aromatic heterocycles. The standard InChI is InChI=1S/C13H16N2O/c1-10-2-3-12-11(8-10)9-13(16-12)15-6-4-14-5-7-15/h2-3,8-9,14H,4-7H2,1H3. The zero-order valence-electron chi connectivity index (χ0n) is 9.49. The van der Waals surface area contributed by atoms with E-state index in [0.29, 0.717) is 0 Å². The van der Waals surface area contributed by atoms with Crippen LogP contribution in [0.5, 0.6) is 0 Å². The van der Waals surface area contributed by atoms with E-state index in [2.05, 4.69) is 41.4 Å². The zero-order chi connectivity index (χ0) is 11.0. The van der Waals surface area contributed by atoms with Crippen molar-refractivity contribution in [3.05, 3.63) is 29.8 Å². The third-order valence-corrected chi connectivity index (χ3v) is 3.09. The van der Waals surface area contributed by atoms with E-state index in [1.165, 1.54) is 10.9 Å². The minimum atomic E-state index is 0.985. The van der Waals surface area contributed by atoms with Crippen LogP contribution >= 0.6 is 0 Å². The van der Waals surface area contributed by atoms with E-state index in [0.717, 1.165) is 37.6 Å². The van der Waals surface area contributed by atoms with Gasteiger partial charge in [0.05, 0.1) is 0 Å². The van der Waals surface area contributed by atoms with Crippen LogP contribution in [0.15, 0.2) is 28.7 Å². The molecule has 1 N–H and O–H groups in total. The number of benzene rings is 1. The second-order valence-electron chi connectivity index (χ2n) is 4.36. The van der Waals surface area contributed by atoms with E-state index in [-0.39, 0.29) is 0 Å². The molecule has 16 heavy (non-hydrogen) atoms. The van der Waals surface area contributed by atoms with E-state index >= 15 is 0 Å². The van der Waals surface area contributed by atoms with Crippen molar-refractivity contribution in [1.82, 2.24) is 5.32 Å². The van der Waals surface area contributed by atoms with Crippen LogP contribution in [-0.4, -0.2) is 26.2 Å². The lowest BCUT2D eigenvalue weighted by Gasteiger charge is -2.26. The van der Waals surface area contributed by atoms with Gasteiger partial charge in [0.15, 0.2) is 5.88 Å². The monoisotopic (exact) mass is 216 g/mol. The summed E-state index contributed by atoms with van der Waals surface area (Å²) in [7, 11) is 0. The zero-order valence-corrected chi connectivity index (χ0v) is 9.49. The number of anilines is 1. The lowest BCUT2D eigenvalue weighted by molar-refractivity contribution is 0.527. The van der Waals surface area contributed by atoms with Crippen LogP contribution in [0.4, 0.5) is 5.88 Å². The molecule has 1 saturated heterocycles. The lowest BCUT2D eigenvalue weighted by atomic mass is 10.2. The molecule has 1 fully saturated rings. The van der Waals surface area contributed by atoms with Gasteiger partial charge in [-0.15, -0.1) is 0 Å². The molecule has 2 heterocycles. The Bertz CT molecular complexity index is 498. The number of fused-ring (bicyclic) bond motifs is 1. The van der Waals surface area contributed by atoms with Crippen molar-refractivity contribution in [3.8, 4) is 0 Å². The normalized spacial score (nSPS) is 16.9. The van der Waals surface area contributed by atoms with Crippen molar-refractivity contribution in [2.75, 3.05) is 31.1 Å². The average Bonchev–Trinajstić information content (AvgIpc) is 2.73. The Morgan fingerprint density at radius 3 is 2.81 bits per heavy atom. The minimum absolute atomic E-state index is 0.985. The van der Waals surface area contributed by atoms with E-state index < -0.39 is 0 Å². The summed E-state index contributed by atoms with van der Waals surface area (Å²) in [5.74, 6) is 1.00. The van der Waals surface area contributed by atoms with Gasteiger partial charge < -0.3 is 14.6 Å². The van der Waals surface area contributed by atoms with Crippen LogP contribution in [0, 0.1) is 6.92 Å². The maximum atomic E-state index is 5.86. The Kier molecular flexibility index (Phi) is 2.33. The summed E-state index contributed by atoms with van der Waals surface area (Å²) in [6, 6.07) is 8.46. The second kappa shape index (κ2) is 3.83. The molecule has 1 aliphatic rings. The van der Waals surface area contributed by atoms with Gasteiger partial charge in [-0.25, -0.2) is 0 Å². The molecule has 3 nitrogen and oxygen atoms in total. The molecular weight excluding hydrogens is 200 g/mol. The summed E-state index contributed by atoms with van der Waals surface area (Å²) in [5, 5.41) is 4.55. The predicted molar refractivity (Wildman–Crippen MR) is 66.0 cm³/mol. The van der Waals surface area contributed by atoms with Crippen molar-refractivity contribution in [2.45, 2.75) is 6.92 Å². The highest BCUT2D eigenvalue weighted by Crippen LogP contribution is 2.26. The molecule has 1 aliphatic heterocycles. The van der Waals surface area contributed by atoms with Crippen LogP contribution in [0.1, 0.15) is 5.56 Å². The number of hydrogen-bond acceptors (Lipinski definition) is 3. The lowest BCUT2D eigenvalue weighted by Crippen LogP contribution is -2.43. The summed E-state index contributed by atoms with van der Waals surface area (Å²) >= 11 is 0. The smallest absolute Gasteiger partial charge is 0.196 e. The van der Waals surface area contributed by atoms with Gasteiger partial charge in [0.1, 0.15) is 5.58 Å². The van der Waals surface area contributed by atoms with Crippen molar-refractivity contribution >= 4 is 16.9 Å². The fourth-order valence-corrected chi connectivity index (χ4v) is 2.19. The Labute approximate surface area is 95.0 Å². The predicted octanol–water partition coefficient (Wildman–Crippen LogP) is 2.15. The topological polar surface area (TPSA) is 28.4 Å². The summed E-state index contributed by atoms with van der Waals surface area (Å²) in [5.41, 5.74) is 2.26. The van der Waals surface area contributed by atoms with Crippen molar-refractivity contribution in [3.63, 3.8) is 0 Å². The van der Waals surface area contributed by atoms with Gasteiger partial charge in [0.2, 0.25) is 0 Å². The van der Waals surface area contributed by atoms with Gasteiger partial charge in [-0.3, -0.25) is 0 Å². The minimum Gasteiger partial charge on any atom is -0.441 e. The third kappa shape index (κ3) is 1.67. The van der Waals surface area contributed by atoms with Gasteiger partial charge in [0.25, 0.3) is 0 Å². The SMILES string of the molecule is Cc1ccc2oc(N3CCNCC3)cc2c1. The number of nitrogens with zero attached hydrogens (tertiary/aromatic N) is 1. The first-order chi connectivity index (χ1) is 7.83. The number of aryl methyl sites for hydroxylation is 1. The van der Waals surface area contributed by atoms with Gasteiger partial charge in [0, 0.05) is 37.6 Å². The maximum Gasteiger partial charge on any atom is 0.196 e. The summed E-state index contributed by atoms with van der Waals surface area (Å²) in [6.45, 7) is 6.24. The molecule has 2 aromatic rings. The molecule has 0 radical (unpaired) electrons. The first-order valence-electron chi connectivity index (χ1n) is 5.79. The molecular formula is C13H16N2O. The summed E-state index contributed by atoms with van der Waals surface area (Å²) < 4.78 is 5.86. The van der Waals surface area contributed by atoms with Crippen LogP contribution in [-0.2, 0) is 0 Å². The average molecular weight is 216 g/mol. The van der Waals surface area contributed by atoms with Crippen molar-refractivity contribution in [1.29, 1.82) is 0 Å². The first kappa shape index (κ1) is 9.73. The van der Waals surface area contributed by atoms with E-state index in [1.807, 2.05) is 0 Å². The highest BCUT2D eigenvalue weighted by Gasteiger charge is 2.14. The van der Waals surface area contributed by atoms with Crippen LogP contribution < -0.4 is 10.2 Å². The number of furan rings is 1. The molecule has 3 rings (SSSR count). The van der Waals surface area contributed by atoms with E-state index in [1.54, 1.807) is 0 Å². The van der Waals surface area contributed by atoms with Crippen LogP contribution in [0.2, 0.25) is 0 Å². The number of nitrogens with one attached hydrogen (secondary N) is 1. The third-order valence-electron chi connectivity index (χ3n) is 3.09. The summed E-state index contributed by atoms with van der Waals surface area (Å²) in [6.07, 6.45) is 0. The Hall–Kier alpha value is -1.48. The number of piperazine rings is 1. The van der Waals surface area contributed by atoms with Crippen molar-refractivity contribution < 1.29 is 4.42 Å². The molecule has 0 saturated carbocycles. The molecule has 0 amide bonds. The fraction of sp³-hybridized carbons (Fsp3) is 0.385. The van der Waals surface area contributed by atoms with Gasteiger partial charge in [-0.1, -0.05) is 11.6 Å². The molecule has 3 heteroatoms. The highest BCUT2D eigenvalue weighted by atomic mass is 16.4. The highest BCUT2D eigenvalue weighted by molar-refractivity contribution is 5.81.